The Balaban J connectivity index is 1.46. The van der Waals surface area contributed by atoms with Gasteiger partial charge >= 0.3 is 0 Å². The Hall–Kier alpha value is -3.02. The second-order valence-electron chi connectivity index (χ2n) is 7.29. The molecule has 136 valence electrons. The van der Waals surface area contributed by atoms with Crippen molar-refractivity contribution in [2.45, 2.75) is 31.8 Å². The van der Waals surface area contributed by atoms with E-state index in [4.69, 9.17) is 0 Å². The van der Waals surface area contributed by atoms with E-state index in [1.165, 1.54) is 6.07 Å². The molecule has 27 heavy (non-hydrogen) atoms. The molecule has 1 amide bonds. The lowest BCUT2D eigenvalue weighted by molar-refractivity contribution is 0.0728. The molecule has 0 radical (unpaired) electrons. The zero-order valence-corrected chi connectivity index (χ0v) is 14.7. The third-order valence-electron chi connectivity index (χ3n) is 5.39. The molecule has 0 N–H and O–H groups in total. The van der Waals surface area contributed by atoms with E-state index in [9.17, 15) is 14.0 Å². The summed E-state index contributed by atoms with van der Waals surface area (Å²) < 4.78 is 15.8. The maximum atomic E-state index is 14.0. The predicted molar refractivity (Wildman–Crippen MR) is 99.1 cm³/mol. The Bertz CT molecular complexity index is 1130. The number of halogens is 1. The molecule has 1 aromatic carbocycles. The van der Waals surface area contributed by atoms with Gasteiger partial charge in [-0.3, -0.25) is 9.59 Å². The fourth-order valence-corrected chi connectivity index (χ4v) is 3.75. The first-order chi connectivity index (χ1) is 13.1. The SMILES string of the molecule is O=C(c1ccc2cccc(F)c2n1)N1CCc2cc(=O)n(C3CC3)cc2C1. The number of fused-ring (bicyclic) bond motifs is 2. The first kappa shape index (κ1) is 16.2. The zero-order chi connectivity index (χ0) is 18.5. The largest absolute Gasteiger partial charge is 0.333 e. The fraction of sp³-hybridized carbons (Fsp3) is 0.286. The van der Waals surface area contributed by atoms with E-state index < -0.39 is 5.82 Å². The van der Waals surface area contributed by atoms with Crippen LogP contribution in [0.1, 0.15) is 40.5 Å². The van der Waals surface area contributed by atoms with Crippen LogP contribution in [0.25, 0.3) is 10.9 Å². The van der Waals surface area contributed by atoms with Gasteiger partial charge in [-0.05, 0) is 42.5 Å². The van der Waals surface area contributed by atoms with Crippen molar-refractivity contribution in [2.75, 3.05) is 6.54 Å². The Kier molecular flexibility index (Phi) is 3.60. The van der Waals surface area contributed by atoms with Crippen LogP contribution in [0.15, 0.2) is 47.4 Å². The number of carbonyl (C=O) groups excluding carboxylic acids is 1. The monoisotopic (exact) mass is 363 g/mol. The molecular formula is C21H18FN3O2. The molecule has 1 aliphatic heterocycles. The third kappa shape index (κ3) is 2.81. The maximum Gasteiger partial charge on any atom is 0.272 e. The molecule has 2 aromatic heterocycles. The van der Waals surface area contributed by atoms with Gasteiger partial charge in [-0.25, -0.2) is 9.37 Å². The summed E-state index contributed by atoms with van der Waals surface area (Å²) >= 11 is 0. The minimum Gasteiger partial charge on any atom is -0.333 e. The number of nitrogens with zero attached hydrogens (tertiary/aromatic N) is 3. The van der Waals surface area contributed by atoms with Crippen molar-refractivity contribution in [3.05, 3.63) is 75.6 Å². The van der Waals surface area contributed by atoms with Crippen LogP contribution in [0.4, 0.5) is 4.39 Å². The third-order valence-corrected chi connectivity index (χ3v) is 5.39. The van der Waals surface area contributed by atoms with E-state index in [2.05, 4.69) is 4.98 Å². The average Bonchev–Trinajstić information content (AvgIpc) is 3.52. The molecule has 5 nitrogen and oxygen atoms in total. The van der Waals surface area contributed by atoms with E-state index in [0.717, 1.165) is 24.0 Å². The number of aromatic nitrogens is 2. The van der Waals surface area contributed by atoms with Crippen molar-refractivity contribution in [2.24, 2.45) is 0 Å². The Labute approximate surface area is 155 Å². The van der Waals surface area contributed by atoms with Crippen LogP contribution >= 0.6 is 0 Å². The predicted octanol–water partition coefficient (Wildman–Crippen LogP) is 3.07. The number of pyridine rings is 2. The van der Waals surface area contributed by atoms with Gasteiger partial charge in [0.2, 0.25) is 0 Å². The fourth-order valence-electron chi connectivity index (χ4n) is 3.75. The summed E-state index contributed by atoms with van der Waals surface area (Å²) in [5.41, 5.74) is 2.52. The lowest BCUT2D eigenvalue weighted by Gasteiger charge is -2.29. The molecule has 3 aromatic rings. The number of benzene rings is 1. The number of rotatable bonds is 2. The van der Waals surface area contributed by atoms with E-state index >= 15 is 0 Å². The summed E-state index contributed by atoms with van der Waals surface area (Å²) in [6, 6.07) is 10.1. The van der Waals surface area contributed by atoms with Gasteiger partial charge in [-0.15, -0.1) is 0 Å². The summed E-state index contributed by atoms with van der Waals surface area (Å²) in [5, 5.41) is 0.670. The maximum absolute atomic E-state index is 14.0. The standard InChI is InChI=1S/C21H18FN3O2/c22-17-3-1-2-13-4-7-18(23-20(13)17)21(27)24-9-8-14-10-19(26)25(16-5-6-16)12-15(14)11-24/h1-4,7,10,12,16H,5-6,8-9,11H2. The molecule has 1 aliphatic carbocycles. The van der Waals surface area contributed by atoms with Gasteiger partial charge in [0.15, 0.2) is 0 Å². The highest BCUT2D eigenvalue weighted by Gasteiger charge is 2.28. The van der Waals surface area contributed by atoms with Crippen molar-refractivity contribution >= 4 is 16.8 Å². The van der Waals surface area contributed by atoms with Gasteiger partial charge in [-0.1, -0.05) is 18.2 Å². The molecule has 0 spiro atoms. The molecule has 0 unspecified atom stereocenters. The minimum absolute atomic E-state index is 0.0442. The topological polar surface area (TPSA) is 55.2 Å². The molecular weight excluding hydrogens is 345 g/mol. The molecule has 1 fully saturated rings. The molecule has 6 heteroatoms. The molecule has 0 atom stereocenters. The summed E-state index contributed by atoms with van der Waals surface area (Å²) in [7, 11) is 0. The lowest BCUT2D eigenvalue weighted by Crippen LogP contribution is -2.37. The van der Waals surface area contributed by atoms with Crippen LogP contribution in [0, 0.1) is 5.82 Å². The molecule has 1 saturated carbocycles. The number of carbonyl (C=O) groups is 1. The Morgan fingerprint density at radius 2 is 2.00 bits per heavy atom. The van der Waals surface area contributed by atoms with Gasteiger partial charge in [-0.2, -0.15) is 0 Å². The Morgan fingerprint density at radius 3 is 2.81 bits per heavy atom. The van der Waals surface area contributed by atoms with Crippen LogP contribution in [-0.2, 0) is 13.0 Å². The van der Waals surface area contributed by atoms with E-state index in [-0.39, 0.29) is 22.7 Å². The van der Waals surface area contributed by atoms with Crippen molar-refractivity contribution < 1.29 is 9.18 Å². The van der Waals surface area contributed by atoms with Gasteiger partial charge < -0.3 is 9.47 Å². The summed E-state index contributed by atoms with van der Waals surface area (Å²) in [5.74, 6) is -0.644. The lowest BCUT2D eigenvalue weighted by atomic mass is 10.0. The first-order valence-corrected chi connectivity index (χ1v) is 9.18. The van der Waals surface area contributed by atoms with Gasteiger partial charge in [0.1, 0.15) is 17.0 Å². The second kappa shape index (κ2) is 6.01. The highest BCUT2D eigenvalue weighted by Crippen LogP contribution is 2.34. The second-order valence-corrected chi connectivity index (χ2v) is 7.29. The molecule has 5 rings (SSSR count). The van der Waals surface area contributed by atoms with E-state index in [0.29, 0.717) is 30.9 Å². The summed E-state index contributed by atoms with van der Waals surface area (Å²) in [6.07, 6.45) is 4.62. The molecule has 0 saturated heterocycles. The van der Waals surface area contributed by atoms with Crippen molar-refractivity contribution in [3.8, 4) is 0 Å². The zero-order valence-electron chi connectivity index (χ0n) is 14.7. The van der Waals surface area contributed by atoms with Crippen LogP contribution in [0.5, 0.6) is 0 Å². The van der Waals surface area contributed by atoms with Gasteiger partial charge in [0.05, 0.1) is 0 Å². The van der Waals surface area contributed by atoms with Crippen LogP contribution < -0.4 is 5.56 Å². The minimum atomic E-state index is -0.431. The van der Waals surface area contributed by atoms with Crippen molar-refractivity contribution in [1.82, 2.24) is 14.5 Å². The molecule has 0 bridgehead atoms. The number of amides is 1. The first-order valence-electron chi connectivity index (χ1n) is 9.18. The molecule has 3 heterocycles. The van der Waals surface area contributed by atoms with Crippen LogP contribution in [0.2, 0.25) is 0 Å². The van der Waals surface area contributed by atoms with E-state index in [1.54, 1.807) is 39.8 Å². The Morgan fingerprint density at radius 1 is 1.15 bits per heavy atom. The van der Waals surface area contributed by atoms with Crippen LogP contribution in [-0.4, -0.2) is 26.9 Å². The summed E-state index contributed by atoms with van der Waals surface area (Å²) in [4.78, 5) is 31.1. The van der Waals surface area contributed by atoms with Gasteiger partial charge in [0, 0.05) is 36.8 Å². The highest BCUT2D eigenvalue weighted by molar-refractivity contribution is 5.95. The van der Waals surface area contributed by atoms with Crippen LogP contribution in [0.3, 0.4) is 0 Å². The quantitative estimate of drug-likeness (QED) is 0.703. The van der Waals surface area contributed by atoms with Crippen molar-refractivity contribution in [3.63, 3.8) is 0 Å². The smallest absolute Gasteiger partial charge is 0.272 e. The number of para-hydroxylation sites is 1. The van der Waals surface area contributed by atoms with Gasteiger partial charge in [0.25, 0.3) is 11.5 Å². The normalized spacial score (nSPS) is 16.4. The highest BCUT2D eigenvalue weighted by atomic mass is 19.1. The van der Waals surface area contributed by atoms with Crippen molar-refractivity contribution in [1.29, 1.82) is 0 Å². The number of hydrogen-bond acceptors (Lipinski definition) is 3. The summed E-state index contributed by atoms with van der Waals surface area (Å²) in [6.45, 7) is 0.966. The molecule has 2 aliphatic rings. The number of hydrogen-bond donors (Lipinski definition) is 0. The average molecular weight is 363 g/mol. The van der Waals surface area contributed by atoms with E-state index in [1.807, 2.05) is 6.20 Å².